The molecule has 0 aliphatic heterocycles. The lowest BCUT2D eigenvalue weighted by Gasteiger charge is -2.11. The molecule has 1 N–H and O–H groups in total. The van der Waals surface area contributed by atoms with Crippen LogP contribution in [0.3, 0.4) is 0 Å². The van der Waals surface area contributed by atoms with Gasteiger partial charge in [0.05, 0.1) is 13.2 Å². The van der Waals surface area contributed by atoms with E-state index in [9.17, 15) is 22.8 Å². The van der Waals surface area contributed by atoms with Gasteiger partial charge in [-0.1, -0.05) is 54.6 Å². The molecule has 0 saturated heterocycles. The summed E-state index contributed by atoms with van der Waals surface area (Å²) in [6.45, 7) is 0.561. The lowest BCUT2D eigenvalue weighted by atomic mass is 10.1. The summed E-state index contributed by atoms with van der Waals surface area (Å²) >= 11 is 0. The maximum absolute atomic E-state index is 12.8. The maximum atomic E-state index is 12.8. The highest BCUT2D eigenvalue weighted by Crippen LogP contribution is 2.25. The minimum atomic E-state index is -4.76. The van der Waals surface area contributed by atoms with Crippen molar-refractivity contribution in [3.63, 3.8) is 0 Å². The minimum Gasteiger partial charge on any atom is -0.372 e. The fourth-order valence-electron chi connectivity index (χ4n) is 2.98. The van der Waals surface area contributed by atoms with Crippen LogP contribution in [0.25, 0.3) is 0 Å². The van der Waals surface area contributed by atoms with E-state index >= 15 is 0 Å². The van der Waals surface area contributed by atoms with E-state index in [0.29, 0.717) is 19.3 Å². The molecule has 162 valence electrons. The number of pyridine rings is 1. The van der Waals surface area contributed by atoms with E-state index in [1.165, 1.54) is 0 Å². The SMILES string of the molecule is O=C(Cn1cccc(C(F)(F)F)c1=O)NCc1cccc(COCc2ccccc2)c1. The van der Waals surface area contributed by atoms with Crippen LogP contribution in [-0.2, 0) is 42.0 Å². The van der Waals surface area contributed by atoms with Gasteiger partial charge in [0.2, 0.25) is 5.91 Å². The molecule has 1 aromatic heterocycles. The molecule has 0 unspecified atom stereocenters. The quantitative estimate of drug-likeness (QED) is 0.590. The van der Waals surface area contributed by atoms with Crippen molar-refractivity contribution in [2.45, 2.75) is 32.5 Å². The molecule has 0 spiro atoms. The highest BCUT2D eigenvalue weighted by atomic mass is 19.4. The van der Waals surface area contributed by atoms with Gasteiger partial charge in [-0.05, 0) is 28.8 Å². The van der Waals surface area contributed by atoms with Crippen LogP contribution in [-0.4, -0.2) is 10.5 Å². The average molecular weight is 430 g/mol. The largest absolute Gasteiger partial charge is 0.421 e. The molecule has 0 atom stereocenters. The second-order valence-corrected chi connectivity index (χ2v) is 6.93. The van der Waals surface area contributed by atoms with Gasteiger partial charge in [0.1, 0.15) is 12.1 Å². The summed E-state index contributed by atoms with van der Waals surface area (Å²) in [6, 6.07) is 19.0. The number of ether oxygens (including phenoxy) is 1. The molecule has 0 fully saturated rings. The molecule has 3 aromatic rings. The molecular formula is C23H21F3N2O3. The lowest BCUT2D eigenvalue weighted by molar-refractivity contribution is -0.139. The third-order valence-electron chi connectivity index (χ3n) is 4.50. The van der Waals surface area contributed by atoms with Crippen LogP contribution in [0.1, 0.15) is 22.3 Å². The Morgan fingerprint density at radius 2 is 1.58 bits per heavy atom. The number of alkyl halides is 3. The van der Waals surface area contributed by atoms with E-state index in [-0.39, 0.29) is 6.54 Å². The first-order chi connectivity index (χ1) is 14.8. The Balaban J connectivity index is 1.53. The standard InChI is InChI=1S/C23H21F3N2O3/c24-23(25,26)20-10-5-11-28(22(20)30)14-21(29)27-13-18-8-4-9-19(12-18)16-31-15-17-6-2-1-3-7-17/h1-12H,13-16H2,(H,27,29). The number of benzene rings is 2. The maximum Gasteiger partial charge on any atom is 0.421 e. The van der Waals surface area contributed by atoms with Crippen LogP contribution >= 0.6 is 0 Å². The second kappa shape index (κ2) is 10.1. The van der Waals surface area contributed by atoms with Crippen LogP contribution in [0, 0.1) is 0 Å². The molecule has 1 heterocycles. The number of nitrogens with zero attached hydrogens (tertiary/aromatic N) is 1. The predicted octanol–water partition coefficient (Wildman–Crippen LogP) is 3.90. The normalized spacial score (nSPS) is 11.3. The number of carbonyl (C=O) groups excluding carboxylic acids is 1. The van der Waals surface area contributed by atoms with Crippen molar-refractivity contribution in [2.75, 3.05) is 0 Å². The summed E-state index contributed by atoms with van der Waals surface area (Å²) in [5, 5.41) is 2.62. The monoisotopic (exact) mass is 430 g/mol. The van der Waals surface area contributed by atoms with Crippen molar-refractivity contribution < 1.29 is 22.7 Å². The number of carbonyl (C=O) groups is 1. The van der Waals surface area contributed by atoms with Gasteiger partial charge in [-0.3, -0.25) is 9.59 Å². The van der Waals surface area contributed by atoms with Gasteiger partial charge in [0.25, 0.3) is 5.56 Å². The number of aromatic nitrogens is 1. The molecule has 8 heteroatoms. The van der Waals surface area contributed by atoms with Crippen LogP contribution in [0.5, 0.6) is 0 Å². The Morgan fingerprint density at radius 1 is 0.903 bits per heavy atom. The van der Waals surface area contributed by atoms with E-state index in [4.69, 9.17) is 4.74 Å². The van der Waals surface area contributed by atoms with Gasteiger partial charge in [0.15, 0.2) is 0 Å². The number of hydrogen-bond donors (Lipinski definition) is 1. The third-order valence-corrected chi connectivity index (χ3v) is 4.50. The first-order valence-electron chi connectivity index (χ1n) is 9.56. The zero-order chi connectivity index (χ0) is 22.3. The van der Waals surface area contributed by atoms with E-state index < -0.39 is 29.8 Å². The molecule has 0 aliphatic rings. The summed E-state index contributed by atoms with van der Waals surface area (Å²) < 4.78 is 44.9. The number of amides is 1. The molecule has 1 amide bonds. The second-order valence-electron chi connectivity index (χ2n) is 6.93. The lowest BCUT2D eigenvalue weighted by Crippen LogP contribution is -2.34. The summed E-state index contributed by atoms with van der Waals surface area (Å²) in [4.78, 5) is 24.1. The van der Waals surface area contributed by atoms with Crippen molar-refractivity contribution in [1.29, 1.82) is 0 Å². The van der Waals surface area contributed by atoms with Gasteiger partial charge >= 0.3 is 6.18 Å². The van der Waals surface area contributed by atoms with Crippen molar-refractivity contribution in [2.24, 2.45) is 0 Å². The van der Waals surface area contributed by atoms with E-state index in [1.54, 1.807) is 0 Å². The van der Waals surface area contributed by atoms with Gasteiger partial charge < -0.3 is 14.6 Å². The van der Waals surface area contributed by atoms with Gasteiger partial charge in [0, 0.05) is 12.7 Å². The molecular weight excluding hydrogens is 409 g/mol. The molecule has 2 aromatic carbocycles. The number of hydrogen-bond acceptors (Lipinski definition) is 3. The minimum absolute atomic E-state index is 0.180. The first kappa shape index (κ1) is 22.3. The summed E-state index contributed by atoms with van der Waals surface area (Å²) in [5.74, 6) is -0.563. The van der Waals surface area contributed by atoms with Crippen LogP contribution in [0.15, 0.2) is 77.7 Å². The zero-order valence-electron chi connectivity index (χ0n) is 16.6. The number of nitrogens with one attached hydrogen (secondary N) is 1. The zero-order valence-corrected chi connectivity index (χ0v) is 16.6. The van der Waals surface area contributed by atoms with Gasteiger partial charge in [-0.25, -0.2) is 0 Å². The molecule has 5 nitrogen and oxygen atoms in total. The van der Waals surface area contributed by atoms with E-state index in [0.717, 1.165) is 33.5 Å². The van der Waals surface area contributed by atoms with E-state index in [2.05, 4.69) is 5.32 Å². The molecule has 31 heavy (non-hydrogen) atoms. The molecule has 0 bridgehead atoms. The van der Waals surface area contributed by atoms with Crippen molar-refractivity contribution in [3.8, 4) is 0 Å². The molecule has 0 radical (unpaired) electrons. The average Bonchev–Trinajstić information content (AvgIpc) is 2.74. The Bertz CT molecular complexity index is 1080. The van der Waals surface area contributed by atoms with E-state index in [1.807, 2.05) is 54.6 Å². The van der Waals surface area contributed by atoms with Crippen molar-refractivity contribution in [1.82, 2.24) is 9.88 Å². The van der Waals surface area contributed by atoms with Crippen LogP contribution < -0.4 is 10.9 Å². The fraction of sp³-hybridized carbons (Fsp3) is 0.217. The topological polar surface area (TPSA) is 60.3 Å². The van der Waals surface area contributed by atoms with Crippen molar-refractivity contribution >= 4 is 5.91 Å². The number of rotatable bonds is 8. The predicted molar refractivity (Wildman–Crippen MR) is 109 cm³/mol. The van der Waals surface area contributed by atoms with Gasteiger partial charge in [-0.2, -0.15) is 13.2 Å². The highest BCUT2D eigenvalue weighted by molar-refractivity contribution is 5.75. The first-order valence-corrected chi connectivity index (χ1v) is 9.56. The van der Waals surface area contributed by atoms with Crippen LogP contribution in [0.4, 0.5) is 13.2 Å². The van der Waals surface area contributed by atoms with Crippen LogP contribution in [0.2, 0.25) is 0 Å². The Morgan fingerprint density at radius 3 is 2.32 bits per heavy atom. The van der Waals surface area contributed by atoms with Crippen molar-refractivity contribution in [3.05, 3.63) is 106 Å². The summed E-state index contributed by atoms with van der Waals surface area (Å²) in [6.07, 6.45) is -3.61. The molecule has 3 rings (SSSR count). The molecule has 0 saturated carbocycles. The third kappa shape index (κ3) is 6.55. The molecule has 0 aliphatic carbocycles. The number of halogens is 3. The summed E-state index contributed by atoms with van der Waals surface area (Å²) in [7, 11) is 0. The summed E-state index contributed by atoms with van der Waals surface area (Å²) in [5.41, 5.74) is 0.256. The highest BCUT2D eigenvalue weighted by Gasteiger charge is 2.34. The van der Waals surface area contributed by atoms with Gasteiger partial charge in [-0.15, -0.1) is 0 Å². The fourth-order valence-corrected chi connectivity index (χ4v) is 2.98. The Labute approximate surface area is 177 Å². The Hall–Kier alpha value is -3.39. The Kier molecular flexibility index (Phi) is 7.25. The smallest absolute Gasteiger partial charge is 0.372 e.